The fourth-order valence-electron chi connectivity index (χ4n) is 1.77. The lowest BCUT2D eigenvalue weighted by molar-refractivity contribution is -0.122. The zero-order valence-electron chi connectivity index (χ0n) is 13.1. The fourth-order valence-corrected chi connectivity index (χ4v) is 2.51. The van der Waals surface area contributed by atoms with E-state index in [1.165, 1.54) is 4.31 Å². The quantitative estimate of drug-likeness (QED) is 0.833. The average molecular weight is 312 g/mol. The van der Waals surface area contributed by atoms with Crippen molar-refractivity contribution in [3.8, 4) is 0 Å². The Morgan fingerprint density at radius 1 is 1.29 bits per heavy atom. The van der Waals surface area contributed by atoms with E-state index < -0.39 is 10.0 Å². The first-order chi connectivity index (χ1) is 9.72. The molecule has 0 heterocycles. The largest absolute Gasteiger partial charge is 0.353 e. The van der Waals surface area contributed by atoms with Crippen LogP contribution in [0.1, 0.15) is 31.4 Å². The van der Waals surface area contributed by atoms with E-state index in [1.54, 1.807) is 0 Å². The van der Waals surface area contributed by atoms with Crippen molar-refractivity contribution in [2.24, 2.45) is 0 Å². The average Bonchev–Trinajstić information content (AvgIpc) is 2.39. The van der Waals surface area contributed by atoms with E-state index in [1.807, 2.05) is 45.0 Å². The van der Waals surface area contributed by atoms with Gasteiger partial charge in [-0.15, -0.1) is 0 Å². The minimum Gasteiger partial charge on any atom is -0.353 e. The Kier molecular flexibility index (Phi) is 6.36. The van der Waals surface area contributed by atoms with Gasteiger partial charge in [0.2, 0.25) is 15.9 Å². The van der Waals surface area contributed by atoms with Gasteiger partial charge in [0.1, 0.15) is 0 Å². The molecule has 21 heavy (non-hydrogen) atoms. The third kappa shape index (κ3) is 6.27. The molecule has 1 atom stereocenters. The van der Waals surface area contributed by atoms with Crippen molar-refractivity contribution in [2.75, 3.05) is 12.8 Å². The van der Waals surface area contributed by atoms with Crippen LogP contribution in [0, 0.1) is 6.92 Å². The molecular weight excluding hydrogens is 288 g/mol. The van der Waals surface area contributed by atoms with Gasteiger partial charge < -0.3 is 5.32 Å². The lowest BCUT2D eigenvalue weighted by Gasteiger charge is -2.21. The van der Waals surface area contributed by atoms with Gasteiger partial charge in [0.05, 0.1) is 12.8 Å². The van der Waals surface area contributed by atoms with Gasteiger partial charge in [-0.3, -0.25) is 4.79 Å². The molecule has 0 saturated heterocycles. The molecule has 0 saturated carbocycles. The molecule has 118 valence electrons. The number of aryl methyl sites for hydroxylation is 1. The molecule has 0 unspecified atom stereocenters. The summed E-state index contributed by atoms with van der Waals surface area (Å²) in [5.74, 6) is -0.276. The van der Waals surface area contributed by atoms with E-state index in [0.29, 0.717) is 0 Å². The van der Waals surface area contributed by atoms with Crippen LogP contribution >= 0.6 is 0 Å². The Morgan fingerprint density at radius 3 is 2.33 bits per heavy atom. The first-order valence-corrected chi connectivity index (χ1v) is 8.87. The van der Waals surface area contributed by atoms with Gasteiger partial charge in [-0.05, 0) is 25.8 Å². The van der Waals surface area contributed by atoms with Crippen LogP contribution in [0.25, 0.3) is 0 Å². The summed E-state index contributed by atoms with van der Waals surface area (Å²) in [6.07, 6.45) is 1.93. The number of sulfonamides is 1. The predicted molar refractivity (Wildman–Crippen MR) is 84.3 cm³/mol. The molecule has 1 rings (SSSR count). The maximum absolute atomic E-state index is 11.9. The highest BCUT2D eigenvalue weighted by molar-refractivity contribution is 7.88. The van der Waals surface area contributed by atoms with Gasteiger partial charge in [0, 0.05) is 12.6 Å². The topological polar surface area (TPSA) is 66.5 Å². The van der Waals surface area contributed by atoms with Gasteiger partial charge in [0.25, 0.3) is 0 Å². The molecule has 1 N–H and O–H groups in total. The smallest absolute Gasteiger partial charge is 0.235 e. The van der Waals surface area contributed by atoms with Crippen LogP contribution in [-0.2, 0) is 21.4 Å². The van der Waals surface area contributed by atoms with Crippen LogP contribution in [0.15, 0.2) is 24.3 Å². The van der Waals surface area contributed by atoms with Crippen molar-refractivity contribution in [2.45, 2.75) is 39.8 Å². The van der Waals surface area contributed by atoms with Gasteiger partial charge >= 0.3 is 0 Å². The van der Waals surface area contributed by atoms with Gasteiger partial charge in [-0.1, -0.05) is 36.8 Å². The van der Waals surface area contributed by atoms with Crippen molar-refractivity contribution < 1.29 is 13.2 Å². The standard InChI is InChI=1S/C15H24N2O3S/c1-5-13(3)16-15(18)11-17(21(4,19)20)10-14-8-6-12(2)7-9-14/h6-9,13H,5,10-11H2,1-4H3,(H,16,18)/t13-/m1/s1. The minimum absolute atomic E-state index is 0.0401. The second kappa shape index (κ2) is 7.56. The van der Waals surface area contributed by atoms with Gasteiger partial charge in [0.15, 0.2) is 0 Å². The van der Waals surface area contributed by atoms with Crippen LogP contribution in [0.4, 0.5) is 0 Å². The molecule has 0 spiro atoms. The number of carbonyl (C=O) groups is 1. The molecule has 0 aliphatic heterocycles. The molecule has 0 aliphatic carbocycles. The van der Waals surface area contributed by atoms with Crippen molar-refractivity contribution >= 4 is 15.9 Å². The number of rotatable bonds is 7. The molecule has 6 heteroatoms. The summed E-state index contributed by atoms with van der Waals surface area (Å²) in [7, 11) is -3.44. The van der Waals surface area contributed by atoms with Crippen molar-refractivity contribution in [1.82, 2.24) is 9.62 Å². The van der Waals surface area contributed by atoms with Crippen LogP contribution < -0.4 is 5.32 Å². The SMILES string of the molecule is CC[C@@H](C)NC(=O)CN(Cc1ccc(C)cc1)S(C)(=O)=O. The molecular formula is C15H24N2O3S. The van der Waals surface area contributed by atoms with Crippen molar-refractivity contribution in [1.29, 1.82) is 0 Å². The predicted octanol–water partition coefficient (Wildman–Crippen LogP) is 1.67. The molecule has 0 radical (unpaired) electrons. The molecule has 5 nitrogen and oxygen atoms in total. The van der Waals surface area contributed by atoms with E-state index in [-0.39, 0.29) is 25.0 Å². The second-order valence-corrected chi connectivity index (χ2v) is 7.38. The summed E-state index contributed by atoms with van der Waals surface area (Å²) in [5, 5.41) is 2.78. The number of hydrogen-bond donors (Lipinski definition) is 1. The number of carbonyl (C=O) groups excluding carboxylic acids is 1. The third-order valence-corrected chi connectivity index (χ3v) is 4.48. The molecule has 0 aromatic heterocycles. The summed E-state index contributed by atoms with van der Waals surface area (Å²) < 4.78 is 24.9. The van der Waals surface area contributed by atoms with Gasteiger partial charge in [-0.25, -0.2) is 8.42 Å². The lowest BCUT2D eigenvalue weighted by Crippen LogP contribution is -2.42. The van der Waals surface area contributed by atoms with Crippen LogP contribution in [0.5, 0.6) is 0 Å². The first kappa shape index (κ1) is 17.7. The van der Waals surface area contributed by atoms with Crippen molar-refractivity contribution in [3.63, 3.8) is 0 Å². The normalized spacial score (nSPS) is 13.2. The molecule has 0 bridgehead atoms. The maximum atomic E-state index is 11.9. The Balaban J connectivity index is 2.78. The highest BCUT2D eigenvalue weighted by Gasteiger charge is 2.21. The number of benzene rings is 1. The summed E-state index contributed by atoms with van der Waals surface area (Å²) in [5.41, 5.74) is 1.97. The van der Waals surface area contributed by atoms with Crippen LogP contribution in [0.2, 0.25) is 0 Å². The zero-order chi connectivity index (χ0) is 16.0. The number of nitrogens with zero attached hydrogens (tertiary/aromatic N) is 1. The van der Waals surface area contributed by atoms with E-state index in [2.05, 4.69) is 5.32 Å². The molecule has 0 fully saturated rings. The van der Waals surface area contributed by atoms with Crippen LogP contribution in [0.3, 0.4) is 0 Å². The molecule has 1 aromatic rings. The molecule has 1 amide bonds. The number of hydrogen-bond acceptors (Lipinski definition) is 3. The summed E-state index contributed by atoms with van der Waals surface area (Å²) in [6, 6.07) is 7.64. The minimum atomic E-state index is -3.44. The Bertz CT molecular complexity index is 567. The van der Waals surface area contributed by atoms with Crippen molar-refractivity contribution in [3.05, 3.63) is 35.4 Å². The van der Waals surface area contributed by atoms with E-state index in [9.17, 15) is 13.2 Å². The first-order valence-electron chi connectivity index (χ1n) is 7.02. The van der Waals surface area contributed by atoms with E-state index >= 15 is 0 Å². The summed E-state index contributed by atoms with van der Waals surface area (Å²) in [4.78, 5) is 11.9. The summed E-state index contributed by atoms with van der Waals surface area (Å²) >= 11 is 0. The highest BCUT2D eigenvalue weighted by Crippen LogP contribution is 2.09. The highest BCUT2D eigenvalue weighted by atomic mass is 32.2. The van der Waals surface area contributed by atoms with E-state index in [4.69, 9.17) is 0 Å². The van der Waals surface area contributed by atoms with Gasteiger partial charge in [-0.2, -0.15) is 4.31 Å². The fraction of sp³-hybridized carbons (Fsp3) is 0.533. The number of nitrogens with one attached hydrogen (secondary N) is 1. The zero-order valence-corrected chi connectivity index (χ0v) is 13.9. The Hall–Kier alpha value is -1.40. The lowest BCUT2D eigenvalue weighted by atomic mass is 10.1. The maximum Gasteiger partial charge on any atom is 0.235 e. The third-order valence-electron chi connectivity index (χ3n) is 3.29. The van der Waals surface area contributed by atoms with Crippen LogP contribution in [-0.4, -0.2) is 37.5 Å². The second-order valence-electron chi connectivity index (χ2n) is 5.39. The number of amides is 1. The molecule has 0 aliphatic rings. The molecule has 1 aromatic carbocycles. The van der Waals surface area contributed by atoms with E-state index in [0.717, 1.165) is 23.8 Å². The Labute approximate surface area is 127 Å². The summed E-state index contributed by atoms with van der Waals surface area (Å²) in [6.45, 7) is 5.87. The Morgan fingerprint density at radius 2 is 1.86 bits per heavy atom. The monoisotopic (exact) mass is 312 g/mol.